The second-order valence-corrected chi connectivity index (χ2v) is 8.20. The lowest BCUT2D eigenvalue weighted by Crippen LogP contribution is -2.35. The van der Waals surface area contributed by atoms with Crippen LogP contribution in [0.1, 0.15) is 13.3 Å². The van der Waals surface area contributed by atoms with Gasteiger partial charge in [-0.3, -0.25) is 0 Å². The third-order valence-electron chi connectivity index (χ3n) is 2.99. The first-order valence-corrected chi connectivity index (χ1v) is 9.45. The van der Waals surface area contributed by atoms with E-state index in [1.807, 2.05) is 13.2 Å². The molecule has 108 valence electrons. The second-order valence-electron chi connectivity index (χ2n) is 4.33. The van der Waals surface area contributed by atoms with Crippen LogP contribution in [0.4, 0.5) is 5.69 Å². The van der Waals surface area contributed by atoms with Gasteiger partial charge in [0.15, 0.2) is 0 Å². The number of nitrogens with zero attached hydrogens (tertiary/aromatic N) is 1. The van der Waals surface area contributed by atoms with Crippen molar-refractivity contribution in [1.29, 1.82) is 0 Å². The van der Waals surface area contributed by atoms with Gasteiger partial charge in [0, 0.05) is 17.6 Å². The van der Waals surface area contributed by atoms with E-state index in [9.17, 15) is 8.42 Å². The Labute approximate surface area is 127 Å². The third-order valence-corrected chi connectivity index (χ3v) is 6.16. The van der Waals surface area contributed by atoms with E-state index in [4.69, 9.17) is 5.73 Å². The highest BCUT2D eigenvalue weighted by Crippen LogP contribution is 2.27. The zero-order valence-electron chi connectivity index (χ0n) is 11.3. The van der Waals surface area contributed by atoms with Crippen LogP contribution in [-0.4, -0.2) is 37.8 Å². The minimum absolute atomic E-state index is 0.0594. The predicted octanol–water partition coefficient (Wildman–Crippen LogP) is 2.79. The minimum Gasteiger partial charge on any atom is -0.398 e. The maximum absolute atomic E-state index is 12.5. The van der Waals surface area contributed by atoms with Crippen molar-refractivity contribution in [2.24, 2.45) is 0 Å². The van der Waals surface area contributed by atoms with E-state index in [0.29, 0.717) is 4.47 Å². The maximum atomic E-state index is 12.5. The van der Waals surface area contributed by atoms with Crippen LogP contribution in [0.25, 0.3) is 0 Å². The number of anilines is 1. The number of hydrogen-bond donors (Lipinski definition) is 1. The van der Waals surface area contributed by atoms with Gasteiger partial charge in [0.1, 0.15) is 4.90 Å². The van der Waals surface area contributed by atoms with Crippen LogP contribution in [0.3, 0.4) is 0 Å². The molecule has 1 aromatic rings. The van der Waals surface area contributed by atoms with E-state index in [-0.39, 0.29) is 16.6 Å². The van der Waals surface area contributed by atoms with Crippen LogP contribution in [0, 0.1) is 0 Å². The first-order chi connectivity index (χ1) is 8.80. The summed E-state index contributed by atoms with van der Waals surface area (Å²) in [5, 5.41) is 0. The van der Waals surface area contributed by atoms with E-state index in [0.717, 1.165) is 12.2 Å². The van der Waals surface area contributed by atoms with Crippen molar-refractivity contribution in [3.8, 4) is 0 Å². The molecule has 4 nitrogen and oxygen atoms in total. The van der Waals surface area contributed by atoms with E-state index in [1.54, 1.807) is 37.0 Å². The molecule has 0 saturated heterocycles. The summed E-state index contributed by atoms with van der Waals surface area (Å²) in [4.78, 5) is 0.153. The fraction of sp³-hybridized carbons (Fsp3) is 0.500. The molecule has 0 aromatic heterocycles. The average Bonchev–Trinajstić information content (AvgIpc) is 2.37. The molecule has 2 N–H and O–H groups in total. The topological polar surface area (TPSA) is 63.4 Å². The minimum atomic E-state index is -3.55. The molecule has 1 unspecified atom stereocenters. The van der Waals surface area contributed by atoms with Gasteiger partial charge in [-0.1, -0.05) is 15.9 Å². The predicted molar refractivity (Wildman–Crippen MR) is 86.0 cm³/mol. The maximum Gasteiger partial charge on any atom is 0.245 e. The van der Waals surface area contributed by atoms with Crippen LogP contribution in [0.2, 0.25) is 0 Å². The Balaban J connectivity index is 3.06. The largest absolute Gasteiger partial charge is 0.398 e. The number of thioether (sulfide) groups is 1. The van der Waals surface area contributed by atoms with Gasteiger partial charge in [-0.05, 0) is 43.6 Å². The molecule has 0 spiro atoms. The van der Waals surface area contributed by atoms with Crippen molar-refractivity contribution >= 4 is 43.4 Å². The molecule has 1 rings (SSSR count). The summed E-state index contributed by atoms with van der Waals surface area (Å²) < 4.78 is 27.1. The molecule has 0 heterocycles. The van der Waals surface area contributed by atoms with Crippen LogP contribution < -0.4 is 5.73 Å². The molecule has 0 bridgehead atoms. The molecule has 19 heavy (non-hydrogen) atoms. The Hall–Kier alpha value is -0.240. The Morgan fingerprint density at radius 1 is 1.47 bits per heavy atom. The zero-order chi connectivity index (χ0) is 14.6. The molecule has 0 saturated carbocycles. The lowest BCUT2D eigenvalue weighted by molar-refractivity contribution is 0.382. The zero-order valence-corrected chi connectivity index (χ0v) is 14.5. The first-order valence-electron chi connectivity index (χ1n) is 5.82. The number of halogens is 1. The highest BCUT2D eigenvalue weighted by Gasteiger charge is 2.27. The van der Waals surface area contributed by atoms with E-state index in [1.165, 1.54) is 4.31 Å². The molecule has 0 aliphatic rings. The molecule has 1 aromatic carbocycles. The molecule has 0 amide bonds. The van der Waals surface area contributed by atoms with Gasteiger partial charge in [0.2, 0.25) is 10.0 Å². The van der Waals surface area contributed by atoms with Crippen LogP contribution in [-0.2, 0) is 10.0 Å². The molecular formula is C12H19BrN2O2S2. The number of sulfonamides is 1. The molecule has 1 atom stereocenters. The van der Waals surface area contributed by atoms with E-state index in [2.05, 4.69) is 15.9 Å². The normalized spacial score (nSPS) is 13.7. The summed E-state index contributed by atoms with van der Waals surface area (Å²) >= 11 is 4.98. The molecular weight excluding hydrogens is 348 g/mol. The van der Waals surface area contributed by atoms with Crippen molar-refractivity contribution in [3.63, 3.8) is 0 Å². The van der Waals surface area contributed by atoms with Crippen molar-refractivity contribution in [2.75, 3.05) is 24.8 Å². The van der Waals surface area contributed by atoms with Crippen molar-refractivity contribution in [3.05, 3.63) is 22.7 Å². The molecule has 7 heteroatoms. The Bertz CT molecular complexity index is 535. The highest BCUT2D eigenvalue weighted by molar-refractivity contribution is 9.10. The summed E-state index contributed by atoms with van der Waals surface area (Å²) in [6, 6.07) is 4.81. The van der Waals surface area contributed by atoms with Crippen LogP contribution in [0.5, 0.6) is 0 Å². The summed E-state index contributed by atoms with van der Waals surface area (Å²) in [5.74, 6) is 0.926. The number of benzene rings is 1. The number of hydrogen-bond acceptors (Lipinski definition) is 4. The quantitative estimate of drug-likeness (QED) is 0.786. The molecule has 0 radical (unpaired) electrons. The van der Waals surface area contributed by atoms with E-state index < -0.39 is 10.0 Å². The van der Waals surface area contributed by atoms with Crippen molar-refractivity contribution in [1.82, 2.24) is 4.31 Å². The fourth-order valence-electron chi connectivity index (χ4n) is 1.59. The molecule has 0 fully saturated rings. The number of nitrogens with two attached hydrogens (primary N) is 1. The summed E-state index contributed by atoms with van der Waals surface area (Å²) in [5.41, 5.74) is 6.05. The monoisotopic (exact) mass is 366 g/mol. The second kappa shape index (κ2) is 6.97. The number of nitrogen functional groups attached to an aromatic ring is 1. The summed E-state index contributed by atoms with van der Waals surface area (Å²) in [6.45, 7) is 1.90. The van der Waals surface area contributed by atoms with Gasteiger partial charge in [0.05, 0.1) is 5.69 Å². The Kier molecular flexibility index (Phi) is 6.16. The van der Waals surface area contributed by atoms with Gasteiger partial charge in [-0.15, -0.1) is 0 Å². The fourth-order valence-corrected chi connectivity index (χ4v) is 4.21. The van der Waals surface area contributed by atoms with Crippen LogP contribution >= 0.6 is 27.7 Å². The first kappa shape index (κ1) is 16.8. The van der Waals surface area contributed by atoms with Gasteiger partial charge < -0.3 is 5.73 Å². The Morgan fingerprint density at radius 2 is 2.11 bits per heavy atom. The average molecular weight is 367 g/mol. The summed E-state index contributed by atoms with van der Waals surface area (Å²) in [6.07, 6.45) is 2.82. The van der Waals surface area contributed by atoms with Gasteiger partial charge in [-0.2, -0.15) is 16.1 Å². The smallest absolute Gasteiger partial charge is 0.245 e. The standard InChI is InChI=1S/C12H19BrN2O2S2/c1-9(6-7-18-3)15(2)19(16,17)12-8-10(13)4-5-11(12)14/h4-5,8-9H,6-7,14H2,1-3H3. The third kappa shape index (κ3) is 4.11. The van der Waals surface area contributed by atoms with Gasteiger partial charge in [-0.25, -0.2) is 8.42 Å². The SMILES string of the molecule is CSCCC(C)N(C)S(=O)(=O)c1cc(Br)ccc1N. The summed E-state index contributed by atoms with van der Waals surface area (Å²) in [7, 11) is -1.95. The highest BCUT2D eigenvalue weighted by atomic mass is 79.9. The molecule has 0 aliphatic heterocycles. The Morgan fingerprint density at radius 3 is 2.68 bits per heavy atom. The van der Waals surface area contributed by atoms with Crippen molar-refractivity contribution in [2.45, 2.75) is 24.3 Å². The van der Waals surface area contributed by atoms with Crippen molar-refractivity contribution < 1.29 is 8.42 Å². The lowest BCUT2D eigenvalue weighted by atomic mass is 10.3. The van der Waals surface area contributed by atoms with Gasteiger partial charge >= 0.3 is 0 Å². The number of rotatable bonds is 6. The molecule has 0 aliphatic carbocycles. The van der Waals surface area contributed by atoms with Crippen LogP contribution in [0.15, 0.2) is 27.6 Å². The lowest BCUT2D eigenvalue weighted by Gasteiger charge is -2.24. The van der Waals surface area contributed by atoms with E-state index >= 15 is 0 Å². The van der Waals surface area contributed by atoms with Gasteiger partial charge in [0.25, 0.3) is 0 Å².